The molecule has 108 valence electrons. The van der Waals surface area contributed by atoms with Gasteiger partial charge >= 0.3 is 0 Å². The summed E-state index contributed by atoms with van der Waals surface area (Å²) in [6, 6.07) is 19.8. The first-order valence-electron chi connectivity index (χ1n) is 6.61. The summed E-state index contributed by atoms with van der Waals surface area (Å²) in [6.45, 7) is 0.834. The molecular formula is C17H21ClNO-. The van der Waals surface area contributed by atoms with Gasteiger partial charge in [-0.1, -0.05) is 60.7 Å². The maximum absolute atomic E-state index is 11.2. The Morgan fingerprint density at radius 2 is 1.25 bits per heavy atom. The maximum atomic E-state index is 11.2. The van der Waals surface area contributed by atoms with E-state index in [1.807, 2.05) is 74.8 Å². The van der Waals surface area contributed by atoms with Gasteiger partial charge in [-0.25, -0.2) is 0 Å². The lowest BCUT2D eigenvalue weighted by Gasteiger charge is -2.30. The van der Waals surface area contributed by atoms with E-state index in [4.69, 9.17) is 0 Å². The Hall–Kier alpha value is -1.35. The molecular weight excluding hydrogens is 270 g/mol. The summed E-state index contributed by atoms with van der Waals surface area (Å²) in [5, 5.41) is 11.2. The van der Waals surface area contributed by atoms with Crippen molar-refractivity contribution in [1.29, 1.82) is 0 Å². The van der Waals surface area contributed by atoms with Crippen molar-refractivity contribution in [2.24, 2.45) is 0 Å². The number of aliphatic hydroxyl groups is 1. The van der Waals surface area contributed by atoms with E-state index in [1.54, 1.807) is 0 Å². The molecule has 0 amide bonds. The molecule has 20 heavy (non-hydrogen) atoms. The Kier molecular flexibility index (Phi) is 6.21. The number of benzene rings is 2. The van der Waals surface area contributed by atoms with Crippen LogP contribution in [-0.4, -0.2) is 30.6 Å². The molecule has 0 fully saturated rings. The summed E-state index contributed by atoms with van der Waals surface area (Å²) in [6.07, 6.45) is 0.675. The second-order valence-corrected chi connectivity index (χ2v) is 5.15. The molecule has 0 aliphatic rings. The van der Waals surface area contributed by atoms with Gasteiger partial charge in [0.05, 0.1) is 0 Å². The first-order chi connectivity index (χ1) is 9.13. The van der Waals surface area contributed by atoms with Gasteiger partial charge in [0.2, 0.25) is 0 Å². The van der Waals surface area contributed by atoms with Gasteiger partial charge < -0.3 is 22.4 Å². The van der Waals surface area contributed by atoms with Gasteiger partial charge in [0.15, 0.2) is 0 Å². The number of halogens is 1. The fourth-order valence-corrected chi connectivity index (χ4v) is 2.27. The Labute approximate surface area is 127 Å². The lowest BCUT2D eigenvalue weighted by Crippen LogP contribution is -3.00. The molecule has 3 heteroatoms. The first-order valence-corrected chi connectivity index (χ1v) is 6.61. The fourth-order valence-electron chi connectivity index (χ4n) is 2.27. The van der Waals surface area contributed by atoms with Gasteiger partial charge in [-0.2, -0.15) is 0 Å². The molecule has 0 aliphatic carbocycles. The van der Waals surface area contributed by atoms with E-state index in [0.717, 1.165) is 17.7 Å². The minimum atomic E-state index is -0.924. The first kappa shape index (κ1) is 16.7. The van der Waals surface area contributed by atoms with Crippen molar-refractivity contribution in [3.63, 3.8) is 0 Å². The zero-order valence-electron chi connectivity index (χ0n) is 12.0. The van der Waals surface area contributed by atoms with Gasteiger partial charge in [-0.05, 0) is 31.6 Å². The molecule has 2 aromatic carbocycles. The third-order valence-electron chi connectivity index (χ3n) is 3.42. The molecule has 0 spiro atoms. The standard InChI is InChI=1S/C17H21NO.ClH/c1-18(2)14-13-17(19,15-9-5-3-6-10-15)16-11-7-4-8-12-16;/h3-12,19H,13-14H2,1-2H3;1H/p-1. The largest absolute Gasteiger partial charge is 1.00 e. The van der Waals surface area contributed by atoms with E-state index < -0.39 is 5.60 Å². The minimum absolute atomic E-state index is 0. The number of hydrogen-bond donors (Lipinski definition) is 1. The molecule has 0 atom stereocenters. The molecule has 0 unspecified atom stereocenters. The average Bonchev–Trinajstić information content (AvgIpc) is 2.46. The fraction of sp³-hybridized carbons (Fsp3) is 0.294. The normalized spacial score (nSPS) is 11.2. The van der Waals surface area contributed by atoms with E-state index in [-0.39, 0.29) is 12.4 Å². The van der Waals surface area contributed by atoms with Crippen molar-refractivity contribution in [3.05, 3.63) is 71.8 Å². The van der Waals surface area contributed by atoms with Crippen LogP contribution in [0.5, 0.6) is 0 Å². The zero-order valence-corrected chi connectivity index (χ0v) is 12.7. The Morgan fingerprint density at radius 1 is 0.850 bits per heavy atom. The van der Waals surface area contributed by atoms with Crippen LogP contribution in [0.4, 0.5) is 0 Å². The van der Waals surface area contributed by atoms with Crippen LogP contribution in [0, 0.1) is 0 Å². The molecule has 0 bridgehead atoms. The molecule has 0 saturated carbocycles. The molecule has 0 aliphatic heterocycles. The number of hydrogen-bond acceptors (Lipinski definition) is 2. The van der Waals surface area contributed by atoms with Gasteiger partial charge in [-0.3, -0.25) is 0 Å². The molecule has 2 nitrogen and oxygen atoms in total. The summed E-state index contributed by atoms with van der Waals surface area (Å²) >= 11 is 0. The Morgan fingerprint density at radius 3 is 1.60 bits per heavy atom. The topological polar surface area (TPSA) is 23.5 Å². The molecule has 0 heterocycles. The average molecular weight is 291 g/mol. The van der Waals surface area contributed by atoms with Crippen molar-refractivity contribution in [3.8, 4) is 0 Å². The monoisotopic (exact) mass is 290 g/mol. The van der Waals surface area contributed by atoms with E-state index >= 15 is 0 Å². The van der Waals surface area contributed by atoms with Crippen molar-refractivity contribution in [1.82, 2.24) is 4.90 Å². The van der Waals surface area contributed by atoms with Crippen molar-refractivity contribution < 1.29 is 17.5 Å². The highest BCUT2D eigenvalue weighted by molar-refractivity contribution is 5.35. The number of rotatable bonds is 5. The quantitative estimate of drug-likeness (QED) is 0.830. The van der Waals surface area contributed by atoms with Crippen LogP contribution in [0.15, 0.2) is 60.7 Å². The number of nitrogens with zero attached hydrogens (tertiary/aromatic N) is 1. The second kappa shape index (κ2) is 7.44. The van der Waals surface area contributed by atoms with Crippen LogP contribution in [0.25, 0.3) is 0 Å². The summed E-state index contributed by atoms with van der Waals surface area (Å²) in [5.41, 5.74) is 0.971. The van der Waals surface area contributed by atoms with Gasteiger partial charge in [0.25, 0.3) is 0 Å². The van der Waals surface area contributed by atoms with Crippen molar-refractivity contribution in [2.75, 3.05) is 20.6 Å². The molecule has 0 saturated heterocycles. The molecule has 0 radical (unpaired) electrons. The van der Waals surface area contributed by atoms with E-state index in [0.29, 0.717) is 6.42 Å². The van der Waals surface area contributed by atoms with E-state index in [9.17, 15) is 5.11 Å². The molecule has 2 rings (SSSR count). The predicted molar refractivity (Wildman–Crippen MR) is 79.1 cm³/mol. The minimum Gasteiger partial charge on any atom is -1.00 e. The van der Waals surface area contributed by atoms with Crippen LogP contribution < -0.4 is 12.4 Å². The maximum Gasteiger partial charge on any atom is 0.116 e. The second-order valence-electron chi connectivity index (χ2n) is 5.15. The smallest absolute Gasteiger partial charge is 0.116 e. The highest BCUT2D eigenvalue weighted by Gasteiger charge is 2.30. The third-order valence-corrected chi connectivity index (χ3v) is 3.42. The van der Waals surface area contributed by atoms with Gasteiger partial charge in [0.1, 0.15) is 5.60 Å². The highest BCUT2D eigenvalue weighted by atomic mass is 35.5. The molecule has 1 N–H and O–H groups in total. The van der Waals surface area contributed by atoms with Crippen molar-refractivity contribution in [2.45, 2.75) is 12.0 Å². The Balaban J connectivity index is 0.00000200. The SMILES string of the molecule is CN(C)CCC(O)(c1ccccc1)c1ccccc1.[Cl-]. The molecule has 0 aromatic heterocycles. The lowest BCUT2D eigenvalue weighted by molar-refractivity contribution is -0.00000871. The van der Waals surface area contributed by atoms with Crippen LogP contribution >= 0.6 is 0 Å². The molecule has 2 aromatic rings. The third kappa shape index (κ3) is 3.83. The Bertz CT molecular complexity index is 459. The lowest BCUT2D eigenvalue weighted by atomic mass is 9.83. The zero-order chi connectivity index (χ0) is 13.7. The summed E-state index contributed by atoms with van der Waals surface area (Å²) in [4.78, 5) is 2.09. The predicted octanol–water partition coefficient (Wildman–Crippen LogP) is -0.122. The highest BCUT2D eigenvalue weighted by Crippen LogP contribution is 2.32. The summed E-state index contributed by atoms with van der Waals surface area (Å²) < 4.78 is 0. The summed E-state index contributed by atoms with van der Waals surface area (Å²) in [5.74, 6) is 0. The van der Waals surface area contributed by atoms with Crippen LogP contribution in [0.1, 0.15) is 17.5 Å². The van der Waals surface area contributed by atoms with Gasteiger partial charge in [0, 0.05) is 6.54 Å². The van der Waals surface area contributed by atoms with Crippen LogP contribution in [-0.2, 0) is 5.60 Å². The van der Waals surface area contributed by atoms with Crippen molar-refractivity contribution >= 4 is 0 Å². The van der Waals surface area contributed by atoms with Crippen LogP contribution in [0.3, 0.4) is 0 Å². The van der Waals surface area contributed by atoms with Gasteiger partial charge in [-0.15, -0.1) is 0 Å². The van der Waals surface area contributed by atoms with Crippen LogP contribution in [0.2, 0.25) is 0 Å². The summed E-state index contributed by atoms with van der Waals surface area (Å²) in [7, 11) is 4.05. The van der Waals surface area contributed by atoms with E-state index in [1.165, 1.54) is 0 Å². The van der Waals surface area contributed by atoms with E-state index in [2.05, 4.69) is 4.90 Å².